The molecule has 18 heavy (non-hydrogen) atoms. The lowest BCUT2D eigenvalue weighted by molar-refractivity contribution is -0.387. The first-order chi connectivity index (χ1) is 8.45. The van der Waals surface area contributed by atoms with Gasteiger partial charge in [-0.15, -0.1) is 0 Å². The third kappa shape index (κ3) is 3.41. The molecule has 1 rings (SSSR count). The Morgan fingerprint density at radius 1 is 1.56 bits per heavy atom. The number of benzene rings is 1. The van der Waals surface area contributed by atoms with Crippen molar-refractivity contribution in [3.63, 3.8) is 0 Å². The number of nitrogens with zero attached hydrogens (tertiary/aromatic N) is 1. The normalized spacial score (nSPS) is 11.7. The number of hydrogen-bond acceptors (Lipinski definition) is 5. The molecule has 0 spiro atoms. The van der Waals surface area contributed by atoms with Crippen LogP contribution in [0.25, 0.3) is 0 Å². The van der Waals surface area contributed by atoms with E-state index in [1.807, 2.05) is 0 Å². The van der Waals surface area contributed by atoms with Gasteiger partial charge in [-0.05, 0) is 26.0 Å². The van der Waals surface area contributed by atoms with Crippen molar-refractivity contribution in [1.82, 2.24) is 0 Å². The van der Waals surface area contributed by atoms with Crippen molar-refractivity contribution in [3.05, 3.63) is 34.1 Å². The second kappa shape index (κ2) is 5.95. The van der Waals surface area contributed by atoms with E-state index in [9.17, 15) is 19.3 Å². The van der Waals surface area contributed by atoms with Gasteiger partial charge in [-0.2, -0.15) is 4.39 Å². The molecule has 0 aromatic heterocycles. The van der Waals surface area contributed by atoms with E-state index in [0.29, 0.717) is 0 Å². The number of hydrogen-bond donors (Lipinski definition) is 0. The zero-order valence-electron chi connectivity index (χ0n) is 9.88. The van der Waals surface area contributed by atoms with Crippen LogP contribution in [0.1, 0.15) is 13.8 Å². The Balaban J connectivity index is 2.82. The van der Waals surface area contributed by atoms with Crippen molar-refractivity contribution in [3.8, 4) is 5.75 Å². The van der Waals surface area contributed by atoms with Gasteiger partial charge in [-0.3, -0.25) is 10.1 Å². The molecule has 0 aliphatic rings. The summed E-state index contributed by atoms with van der Waals surface area (Å²) in [4.78, 5) is 20.9. The van der Waals surface area contributed by atoms with E-state index in [1.54, 1.807) is 6.92 Å². The second-order valence-corrected chi connectivity index (χ2v) is 3.38. The highest BCUT2D eigenvalue weighted by molar-refractivity contribution is 5.74. The van der Waals surface area contributed by atoms with Crippen LogP contribution in [0.15, 0.2) is 18.2 Å². The molecule has 0 saturated heterocycles. The molecule has 0 fully saturated rings. The van der Waals surface area contributed by atoms with E-state index in [0.717, 1.165) is 12.1 Å². The summed E-state index contributed by atoms with van der Waals surface area (Å²) in [7, 11) is 0. The van der Waals surface area contributed by atoms with Crippen molar-refractivity contribution in [2.45, 2.75) is 20.0 Å². The van der Waals surface area contributed by atoms with Gasteiger partial charge in [0.1, 0.15) is 5.75 Å². The minimum Gasteiger partial charge on any atom is -0.479 e. The number of ether oxygens (including phenoxy) is 2. The van der Waals surface area contributed by atoms with E-state index >= 15 is 0 Å². The Kier molecular flexibility index (Phi) is 4.59. The standard InChI is InChI=1S/C11H12FNO5/c1-3-17-11(14)7(2)18-8-4-5-9(12)10(6-8)13(15)16/h4-7H,3H2,1-2H3. The molecule has 0 N–H and O–H groups in total. The van der Waals surface area contributed by atoms with Crippen LogP contribution in [0.3, 0.4) is 0 Å². The minimum atomic E-state index is -0.962. The third-order valence-electron chi connectivity index (χ3n) is 2.05. The van der Waals surface area contributed by atoms with Crippen LogP contribution >= 0.6 is 0 Å². The first kappa shape index (κ1) is 13.9. The van der Waals surface area contributed by atoms with Gasteiger partial charge < -0.3 is 9.47 Å². The second-order valence-electron chi connectivity index (χ2n) is 3.38. The van der Waals surface area contributed by atoms with Crippen molar-refractivity contribution in [2.24, 2.45) is 0 Å². The first-order valence-corrected chi connectivity index (χ1v) is 5.23. The summed E-state index contributed by atoms with van der Waals surface area (Å²) in [5.74, 6) is -1.52. The largest absolute Gasteiger partial charge is 0.479 e. The molecule has 0 radical (unpaired) electrons. The number of halogens is 1. The monoisotopic (exact) mass is 257 g/mol. The van der Waals surface area contributed by atoms with E-state index in [-0.39, 0.29) is 12.4 Å². The summed E-state index contributed by atoms with van der Waals surface area (Å²) in [6, 6.07) is 3.04. The van der Waals surface area contributed by atoms with E-state index in [1.165, 1.54) is 13.0 Å². The van der Waals surface area contributed by atoms with Crippen LogP contribution in [0, 0.1) is 15.9 Å². The Hall–Kier alpha value is -2.18. The fourth-order valence-electron chi connectivity index (χ4n) is 1.22. The number of esters is 1. The molecular formula is C11H12FNO5. The van der Waals surface area contributed by atoms with Crippen molar-refractivity contribution >= 4 is 11.7 Å². The number of rotatable bonds is 5. The number of carbonyl (C=O) groups excluding carboxylic acids is 1. The quantitative estimate of drug-likeness (QED) is 0.458. The van der Waals surface area contributed by atoms with E-state index in [2.05, 4.69) is 0 Å². The maximum absolute atomic E-state index is 13.0. The highest BCUT2D eigenvalue weighted by Crippen LogP contribution is 2.24. The van der Waals surface area contributed by atoms with Gasteiger partial charge >= 0.3 is 11.7 Å². The van der Waals surface area contributed by atoms with Gasteiger partial charge in [0.25, 0.3) is 0 Å². The molecule has 1 aromatic carbocycles. The summed E-state index contributed by atoms with van der Waals surface area (Å²) < 4.78 is 22.9. The molecule has 0 aliphatic heterocycles. The van der Waals surface area contributed by atoms with Crippen LogP contribution in [-0.2, 0) is 9.53 Å². The molecule has 7 heteroatoms. The van der Waals surface area contributed by atoms with Gasteiger partial charge in [0.2, 0.25) is 5.82 Å². The lowest BCUT2D eigenvalue weighted by Gasteiger charge is -2.13. The fourth-order valence-corrected chi connectivity index (χ4v) is 1.22. The maximum atomic E-state index is 13.0. The lowest BCUT2D eigenvalue weighted by atomic mass is 10.3. The SMILES string of the molecule is CCOC(=O)C(C)Oc1ccc(F)c([N+](=O)[O-])c1. The molecule has 1 unspecified atom stereocenters. The summed E-state index contributed by atoms with van der Waals surface area (Å²) in [5, 5.41) is 10.5. The molecule has 0 amide bonds. The predicted molar refractivity (Wildman–Crippen MR) is 59.8 cm³/mol. The molecule has 1 aromatic rings. The van der Waals surface area contributed by atoms with E-state index < -0.39 is 28.5 Å². The Morgan fingerprint density at radius 3 is 2.78 bits per heavy atom. The lowest BCUT2D eigenvalue weighted by Crippen LogP contribution is -2.26. The molecule has 0 bridgehead atoms. The molecule has 1 atom stereocenters. The zero-order chi connectivity index (χ0) is 13.7. The average Bonchev–Trinajstić information content (AvgIpc) is 2.31. The third-order valence-corrected chi connectivity index (χ3v) is 2.05. The first-order valence-electron chi connectivity index (χ1n) is 5.23. The fraction of sp³-hybridized carbons (Fsp3) is 0.364. The van der Waals surface area contributed by atoms with Crippen LogP contribution in [-0.4, -0.2) is 23.6 Å². The number of nitro benzene ring substituents is 1. The predicted octanol–water partition coefficient (Wildman–Crippen LogP) is 2.06. The van der Waals surface area contributed by atoms with Gasteiger partial charge in [-0.1, -0.05) is 0 Å². The molecular weight excluding hydrogens is 245 g/mol. The smallest absolute Gasteiger partial charge is 0.347 e. The number of carbonyl (C=O) groups is 1. The van der Waals surface area contributed by atoms with Gasteiger partial charge in [0, 0.05) is 0 Å². The summed E-state index contributed by atoms with van der Waals surface area (Å²) >= 11 is 0. The molecule has 6 nitrogen and oxygen atoms in total. The minimum absolute atomic E-state index is 0.0312. The van der Waals surface area contributed by atoms with Crippen LogP contribution in [0.2, 0.25) is 0 Å². The maximum Gasteiger partial charge on any atom is 0.347 e. The highest BCUT2D eigenvalue weighted by Gasteiger charge is 2.19. The van der Waals surface area contributed by atoms with Crippen molar-refractivity contribution in [2.75, 3.05) is 6.61 Å². The summed E-state index contributed by atoms with van der Waals surface area (Å²) in [5.41, 5.74) is -0.705. The van der Waals surface area contributed by atoms with Crippen LogP contribution < -0.4 is 4.74 Å². The van der Waals surface area contributed by atoms with Crippen LogP contribution in [0.4, 0.5) is 10.1 Å². The zero-order valence-corrected chi connectivity index (χ0v) is 9.88. The highest BCUT2D eigenvalue weighted by atomic mass is 19.1. The Bertz CT molecular complexity index is 463. The topological polar surface area (TPSA) is 78.7 Å². The molecule has 0 heterocycles. The van der Waals surface area contributed by atoms with Crippen molar-refractivity contribution < 1.29 is 23.6 Å². The molecule has 98 valence electrons. The Labute approximate surface area is 102 Å². The average molecular weight is 257 g/mol. The summed E-state index contributed by atoms with van der Waals surface area (Å²) in [6.07, 6.45) is -0.921. The summed E-state index contributed by atoms with van der Waals surface area (Å²) in [6.45, 7) is 3.29. The molecule has 0 saturated carbocycles. The van der Waals surface area contributed by atoms with Gasteiger partial charge in [-0.25, -0.2) is 4.79 Å². The van der Waals surface area contributed by atoms with Crippen LogP contribution in [0.5, 0.6) is 5.75 Å². The van der Waals surface area contributed by atoms with E-state index in [4.69, 9.17) is 9.47 Å². The number of nitro groups is 1. The molecule has 0 aliphatic carbocycles. The van der Waals surface area contributed by atoms with Gasteiger partial charge in [0.05, 0.1) is 17.6 Å². The Morgan fingerprint density at radius 2 is 2.22 bits per heavy atom. The van der Waals surface area contributed by atoms with Gasteiger partial charge in [0.15, 0.2) is 6.10 Å². The van der Waals surface area contributed by atoms with Crippen molar-refractivity contribution in [1.29, 1.82) is 0 Å².